The zero-order chi connectivity index (χ0) is 16.6. The number of halogens is 4. The van der Waals surface area contributed by atoms with Gasteiger partial charge >= 0.3 is 6.18 Å². The first-order valence-electron chi connectivity index (χ1n) is 6.67. The standard InChI is InChI=1S/C16H10ClF3N2O/c17-11-7-5-10(6-8-11)14-15(23)22(9-16(18,19)20)13-4-2-1-3-12(13)21-14/h1-8H,9H2. The fourth-order valence-corrected chi connectivity index (χ4v) is 2.45. The molecule has 0 N–H and O–H groups in total. The molecule has 0 spiro atoms. The van der Waals surface area contributed by atoms with Gasteiger partial charge in [-0.2, -0.15) is 13.2 Å². The lowest BCUT2D eigenvalue weighted by Gasteiger charge is -2.14. The summed E-state index contributed by atoms with van der Waals surface area (Å²) in [6.45, 7) is -1.37. The highest BCUT2D eigenvalue weighted by atomic mass is 35.5. The van der Waals surface area contributed by atoms with Crippen molar-refractivity contribution < 1.29 is 13.2 Å². The van der Waals surface area contributed by atoms with Gasteiger partial charge in [-0.3, -0.25) is 9.36 Å². The summed E-state index contributed by atoms with van der Waals surface area (Å²) in [5.74, 6) is 0. The number of hydrogen-bond donors (Lipinski definition) is 0. The highest BCUT2D eigenvalue weighted by Crippen LogP contribution is 2.23. The molecule has 23 heavy (non-hydrogen) atoms. The summed E-state index contributed by atoms with van der Waals surface area (Å²) >= 11 is 5.80. The van der Waals surface area contributed by atoms with Crippen LogP contribution >= 0.6 is 11.6 Å². The van der Waals surface area contributed by atoms with Crippen LogP contribution in [0.5, 0.6) is 0 Å². The second-order valence-corrected chi connectivity index (χ2v) is 5.40. The zero-order valence-electron chi connectivity index (χ0n) is 11.6. The van der Waals surface area contributed by atoms with E-state index in [1.54, 1.807) is 42.5 Å². The van der Waals surface area contributed by atoms with Crippen molar-refractivity contribution in [2.24, 2.45) is 0 Å². The summed E-state index contributed by atoms with van der Waals surface area (Å²) in [6, 6.07) is 12.5. The number of fused-ring (bicyclic) bond motifs is 1. The summed E-state index contributed by atoms with van der Waals surface area (Å²) in [6.07, 6.45) is -4.51. The Hall–Kier alpha value is -2.34. The third kappa shape index (κ3) is 3.22. The highest BCUT2D eigenvalue weighted by molar-refractivity contribution is 6.30. The van der Waals surface area contributed by atoms with Crippen LogP contribution in [0, 0.1) is 0 Å². The van der Waals surface area contributed by atoms with Gasteiger partial charge in [0, 0.05) is 10.6 Å². The van der Waals surface area contributed by atoms with Gasteiger partial charge in [0.1, 0.15) is 12.2 Å². The molecule has 0 saturated carbocycles. The van der Waals surface area contributed by atoms with Crippen molar-refractivity contribution in [1.82, 2.24) is 9.55 Å². The normalized spacial score (nSPS) is 11.8. The van der Waals surface area contributed by atoms with Crippen molar-refractivity contribution in [1.29, 1.82) is 0 Å². The molecule has 0 bridgehead atoms. The quantitative estimate of drug-likeness (QED) is 0.699. The van der Waals surface area contributed by atoms with E-state index in [0.29, 0.717) is 20.7 Å². The van der Waals surface area contributed by atoms with Gasteiger partial charge in [-0.15, -0.1) is 0 Å². The molecule has 3 rings (SSSR count). The summed E-state index contributed by atoms with van der Waals surface area (Å²) in [4.78, 5) is 16.7. The predicted molar refractivity (Wildman–Crippen MR) is 82.5 cm³/mol. The molecule has 0 aliphatic carbocycles. The molecule has 118 valence electrons. The highest BCUT2D eigenvalue weighted by Gasteiger charge is 2.30. The third-order valence-electron chi connectivity index (χ3n) is 3.31. The van der Waals surface area contributed by atoms with Crippen LogP contribution in [0.1, 0.15) is 0 Å². The minimum atomic E-state index is -4.51. The molecule has 0 radical (unpaired) electrons. The number of para-hydroxylation sites is 2. The van der Waals surface area contributed by atoms with Gasteiger partial charge in [-0.25, -0.2) is 4.98 Å². The molecule has 1 aromatic heterocycles. The zero-order valence-corrected chi connectivity index (χ0v) is 12.4. The Kier molecular flexibility index (Phi) is 3.85. The van der Waals surface area contributed by atoms with E-state index in [0.717, 1.165) is 0 Å². The lowest BCUT2D eigenvalue weighted by atomic mass is 10.1. The summed E-state index contributed by atoms with van der Waals surface area (Å²) < 4.78 is 39.2. The summed E-state index contributed by atoms with van der Waals surface area (Å²) in [7, 11) is 0. The Labute approximate surface area is 134 Å². The first-order chi connectivity index (χ1) is 10.8. The monoisotopic (exact) mass is 338 g/mol. The van der Waals surface area contributed by atoms with Crippen LogP contribution in [0.15, 0.2) is 53.3 Å². The van der Waals surface area contributed by atoms with E-state index in [4.69, 9.17) is 11.6 Å². The van der Waals surface area contributed by atoms with Crippen LogP contribution in [0.2, 0.25) is 5.02 Å². The Bertz CT molecular complexity index is 917. The van der Waals surface area contributed by atoms with Crippen LogP contribution in [-0.2, 0) is 6.54 Å². The largest absolute Gasteiger partial charge is 0.406 e. The lowest BCUT2D eigenvalue weighted by molar-refractivity contribution is -0.140. The maximum atomic E-state index is 12.8. The van der Waals surface area contributed by atoms with Crippen LogP contribution in [0.4, 0.5) is 13.2 Å². The van der Waals surface area contributed by atoms with Crippen LogP contribution < -0.4 is 5.56 Å². The first-order valence-corrected chi connectivity index (χ1v) is 7.05. The van der Waals surface area contributed by atoms with Crippen molar-refractivity contribution in [3.05, 3.63) is 63.9 Å². The molecule has 0 aliphatic rings. The van der Waals surface area contributed by atoms with E-state index in [-0.39, 0.29) is 11.2 Å². The minimum Gasteiger partial charge on any atom is -0.296 e. The second-order valence-electron chi connectivity index (χ2n) is 4.96. The Balaban J connectivity index is 2.29. The van der Waals surface area contributed by atoms with E-state index in [1.165, 1.54) is 6.07 Å². The molecule has 1 heterocycles. The van der Waals surface area contributed by atoms with Gasteiger partial charge in [-0.1, -0.05) is 35.9 Å². The molecule has 0 fully saturated rings. The molecule has 0 atom stereocenters. The first kappa shape index (κ1) is 15.6. The van der Waals surface area contributed by atoms with Crippen molar-refractivity contribution in [2.75, 3.05) is 0 Å². The molecule has 2 aromatic carbocycles. The summed E-state index contributed by atoms with van der Waals surface area (Å²) in [5, 5.41) is 0.463. The van der Waals surface area contributed by atoms with E-state index < -0.39 is 18.3 Å². The predicted octanol–water partition coefficient (Wildman–Crippen LogP) is 4.28. The average Bonchev–Trinajstić information content (AvgIpc) is 2.50. The Morgan fingerprint density at radius 3 is 2.35 bits per heavy atom. The SMILES string of the molecule is O=c1c(-c2ccc(Cl)cc2)nc2ccccc2n1CC(F)(F)F. The molecule has 0 amide bonds. The van der Waals surface area contributed by atoms with Crippen molar-refractivity contribution >= 4 is 22.6 Å². The lowest BCUT2D eigenvalue weighted by Crippen LogP contribution is -2.30. The van der Waals surface area contributed by atoms with Crippen LogP contribution in [0.25, 0.3) is 22.3 Å². The van der Waals surface area contributed by atoms with E-state index in [2.05, 4.69) is 4.98 Å². The van der Waals surface area contributed by atoms with Gasteiger partial charge in [0.2, 0.25) is 0 Å². The summed E-state index contributed by atoms with van der Waals surface area (Å²) in [5.41, 5.74) is 0.0582. The molecule has 0 unspecified atom stereocenters. The van der Waals surface area contributed by atoms with Crippen molar-refractivity contribution in [3.8, 4) is 11.3 Å². The molecule has 0 saturated heterocycles. The maximum Gasteiger partial charge on any atom is 0.406 e. The van der Waals surface area contributed by atoms with Gasteiger partial charge in [0.15, 0.2) is 0 Å². The number of benzene rings is 2. The van der Waals surface area contributed by atoms with E-state index >= 15 is 0 Å². The van der Waals surface area contributed by atoms with Crippen molar-refractivity contribution in [2.45, 2.75) is 12.7 Å². The maximum absolute atomic E-state index is 12.8. The van der Waals surface area contributed by atoms with Gasteiger partial charge in [-0.05, 0) is 24.3 Å². The average molecular weight is 339 g/mol. The Morgan fingerprint density at radius 2 is 1.70 bits per heavy atom. The van der Waals surface area contributed by atoms with Gasteiger partial charge in [0.05, 0.1) is 11.0 Å². The van der Waals surface area contributed by atoms with Crippen LogP contribution in [0.3, 0.4) is 0 Å². The van der Waals surface area contributed by atoms with E-state index in [1.807, 2.05) is 0 Å². The number of rotatable bonds is 2. The Morgan fingerprint density at radius 1 is 1.04 bits per heavy atom. The number of hydrogen-bond acceptors (Lipinski definition) is 2. The number of nitrogens with zero attached hydrogens (tertiary/aromatic N) is 2. The second kappa shape index (κ2) is 5.70. The molecule has 3 nitrogen and oxygen atoms in total. The molecular weight excluding hydrogens is 329 g/mol. The van der Waals surface area contributed by atoms with Crippen LogP contribution in [-0.4, -0.2) is 15.7 Å². The van der Waals surface area contributed by atoms with Gasteiger partial charge < -0.3 is 0 Å². The van der Waals surface area contributed by atoms with E-state index in [9.17, 15) is 18.0 Å². The molecule has 7 heteroatoms. The molecule has 0 aliphatic heterocycles. The molecule has 3 aromatic rings. The smallest absolute Gasteiger partial charge is 0.296 e. The number of aromatic nitrogens is 2. The third-order valence-corrected chi connectivity index (χ3v) is 3.56. The number of alkyl halides is 3. The fourth-order valence-electron chi connectivity index (χ4n) is 2.32. The van der Waals surface area contributed by atoms with Crippen molar-refractivity contribution in [3.63, 3.8) is 0 Å². The molecular formula is C16H10ClF3N2O. The van der Waals surface area contributed by atoms with Gasteiger partial charge in [0.25, 0.3) is 5.56 Å². The minimum absolute atomic E-state index is 0.0374. The fraction of sp³-hybridized carbons (Fsp3) is 0.125. The topological polar surface area (TPSA) is 34.9 Å².